The van der Waals surface area contributed by atoms with Crippen LogP contribution < -0.4 is 56.8 Å². The van der Waals surface area contributed by atoms with Gasteiger partial charge in [0, 0.05) is 61.8 Å². The highest BCUT2D eigenvalue weighted by atomic mass is 16.6. The Morgan fingerprint density at radius 2 is 0.523 bits per heavy atom. The molecule has 0 radical (unpaired) electrons. The molecule has 0 bridgehead atoms. The molecule has 0 heterocycles. The zero-order valence-electron chi connectivity index (χ0n) is 75.0. The van der Waals surface area contributed by atoms with Gasteiger partial charge in [0.05, 0.1) is 21.3 Å². The molecule has 10 aromatic carbocycles. The van der Waals surface area contributed by atoms with Crippen LogP contribution in [0.1, 0.15) is 76.2 Å². The third-order valence-electron chi connectivity index (χ3n) is 17.5. The van der Waals surface area contributed by atoms with Gasteiger partial charge in [0.2, 0.25) is 0 Å². The average Bonchev–Trinajstić information content (AvgIpc) is 0.805. The molecule has 0 aliphatic heterocycles. The first-order valence-electron chi connectivity index (χ1n) is 40.0. The Kier molecular flexibility index (Phi) is 37.5. The van der Waals surface area contributed by atoms with Crippen molar-refractivity contribution in [2.45, 2.75) is 81.8 Å². The van der Waals surface area contributed by atoms with Gasteiger partial charge in [-0.2, -0.15) is 0 Å². The van der Waals surface area contributed by atoms with Gasteiger partial charge in [0.25, 0.3) is 0 Å². The van der Waals surface area contributed by atoms with Crippen LogP contribution in [-0.2, 0) is 62.2 Å². The number of hydrogen-bond donors (Lipinski definition) is 0. The quantitative estimate of drug-likeness (QED) is 0.0121. The van der Waals surface area contributed by atoms with Crippen LogP contribution in [0.15, 0.2) is 316 Å². The molecule has 0 saturated carbocycles. The summed E-state index contributed by atoms with van der Waals surface area (Å²) in [5.74, 6) is -0.422. The molecular formula is C105H102O25. The maximum absolute atomic E-state index is 11.9. The van der Waals surface area contributed by atoms with E-state index in [-0.39, 0.29) is 35.9 Å². The van der Waals surface area contributed by atoms with Crippen molar-refractivity contribution in [2.24, 2.45) is 0 Å². The minimum atomic E-state index is -0.751. The molecule has 0 atom stereocenters. The predicted octanol–water partition coefficient (Wildman–Crippen LogP) is 20.9. The molecule has 25 nitrogen and oxygen atoms in total. The van der Waals surface area contributed by atoms with E-state index < -0.39 is 78.5 Å². The smallest absolute Gasteiger partial charge is 0.349 e. The van der Waals surface area contributed by atoms with Gasteiger partial charge >= 0.3 is 59.7 Å². The second-order valence-corrected chi connectivity index (χ2v) is 30.0. The van der Waals surface area contributed by atoms with Crippen LogP contribution in [0, 0.1) is 0 Å². The van der Waals surface area contributed by atoms with Crippen molar-refractivity contribution in [1.29, 1.82) is 0 Å². The van der Waals surface area contributed by atoms with Gasteiger partial charge in [-0.25, -0.2) is 47.9 Å². The molecule has 10 aromatic rings. The minimum Gasteiger partial charge on any atom is -0.496 e. The lowest BCUT2D eigenvalue weighted by Gasteiger charge is -2.24. The summed E-state index contributed by atoms with van der Waals surface area (Å²) in [7, 11) is 4.51. The van der Waals surface area contributed by atoms with Crippen molar-refractivity contribution >= 4 is 59.7 Å². The Balaban J connectivity index is 0.000000238. The summed E-state index contributed by atoms with van der Waals surface area (Å²) in [6.45, 7) is 46.0. The fraction of sp³-hybridized carbons (Fsp3) is 0.181. The summed E-state index contributed by atoms with van der Waals surface area (Å²) in [6.07, 6.45) is 0. The van der Waals surface area contributed by atoms with E-state index in [2.05, 4.69) is 58.7 Å². The zero-order valence-corrected chi connectivity index (χ0v) is 75.0. The van der Waals surface area contributed by atoms with E-state index in [1.54, 1.807) is 170 Å². The van der Waals surface area contributed by atoms with E-state index in [1.165, 1.54) is 28.1 Å². The molecule has 0 fully saturated rings. The van der Waals surface area contributed by atoms with E-state index in [9.17, 15) is 47.9 Å². The Bertz CT molecular complexity index is 5920. The topological polar surface area (TPSA) is 309 Å². The molecule has 0 N–H and O–H groups in total. The highest BCUT2D eigenvalue weighted by Gasteiger charge is 2.22. The van der Waals surface area contributed by atoms with Crippen molar-refractivity contribution in [3.63, 3.8) is 0 Å². The fourth-order valence-corrected chi connectivity index (χ4v) is 10.8. The molecular weight excluding hydrogens is 1660 g/mol. The number of benzene rings is 10. The van der Waals surface area contributed by atoms with Crippen LogP contribution in [0.3, 0.4) is 0 Å². The maximum atomic E-state index is 11.9. The number of carbonyl (C=O) groups is 10. The average molecular weight is 1760 g/mol. The molecule has 0 aromatic heterocycles. The summed E-state index contributed by atoms with van der Waals surface area (Å²) in [4.78, 5) is 116. The van der Waals surface area contributed by atoms with Crippen LogP contribution >= 0.6 is 0 Å². The van der Waals surface area contributed by atoms with Crippen LogP contribution in [0.5, 0.6) is 69.0 Å². The van der Waals surface area contributed by atoms with Gasteiger partial charge in [0.15, 0.2) is 36.2 Å². The third kappa shape index (κ3) is 31.8. The lowest BCUT2D eigenvalue weighted by atomic mass is 9.98. The first kappa shape index (κ1) is 101. The van der Waals surface area contributed by atoms with Crippen LogP contribution in [0.25, 0.3) is 66.8 Å². The minimum absolute atomic E-state index is 0.115. The maximum Gasteiger partial charge on any atom is 0.349 e. The first-order valence-corrected chi connectivity index (χ1v) is 40.0. The fourth-order valence-electron chi connectivity index (χ4n) is 10.8. The van der Waals surface area contributed by atoms with Crippen molar-refractivity contribution in [1.82, 2.24) is 0 Å². The third-order valence-corrected chi connectivity index (χ3v) is 17.5. The molecule has 10 rings (SSSR count). The van der Waals surface area contributed by atoms with E-state index in [0.717, 1.165) is 72.5 Å². The normalized spacial score (nSPS) is 10.3. The van der Waals surface area contributed by atoms with Gasteiger partial charge in [-0.05, 0) is 241 Å². The number of rotatable bonds is 33. The van der Waals surface area contributed by atoms with E-state index in [1.807, 2.05) is 112 Å². The second kappa shape index (κ2) is 48.3. The lowest BCUT2D eigenvalue weighted by molar-refractivity contribution is -0.150. The Morgan fingerprint density at radius 3 is 0.885 bits per heavy atom. The van der Waals surface area contributed by atoms with Crippen molar-refractivity contribution in [3.05, 3.63) is 316 Å². The van der Waals surface area contributed by atoms with Crippen LogP contribution in [0.2, 0.25) is 0 Å². The molecule has 0 unspecified atom stereocenters. The number of carbonyl (C=O) groups excluding carboxylic acids is 10. The Labute approximate surface area is 755 Å². The Hall–Kier alpha value is -16.2. The first-order chi connectivity index (χ1) is 61.6. The summed E-state index contributed by atoms with van der Waals surface area (Å²) in [5, 5.41) is 0. The predicted molar refractivity (Wildman–Crippen MR) is 495 cm³/mol. The van der Waals surface area contributed by atoms with Crippen molar-refractivity contribution in [3.8, 4) is 136 Å². The molecule has 0 saturated heterocycles. The monoisotopic (exact) mass is 1760 g/mol. The van der Waals surface area contributed by atoms with Crippen molar-refractivity contribution < 1.29 is 119 Å². The summed E-state index contributed by atoms with van der Waals surface area (Å²) in [5.41, 5.74) is 12.8. The number of hydrogen-bond acceptors (Lipinski definition) is 25. The van der Waals surface area contributed by atoms with Gasteiger partial charge in [-0.3, -0.25) is 0 Å². The van der Waals surface area contributed by atoms with Crippen molar-refractivity contribution in [2.75, 3.05) is 47.8 Å². The summed E-state index contributed by atoms with van der Waals surface area (Å²) in [6, 6.07) is 65.2. The number of esters is 10. The van der Waals surface area contributed by atoms with Crippen LogP contribution in [0.4, 0.5) is 0 Å². The summed E-state index contributed by atoms with van der Waals surface area (Å²) < 4.78 is 79.3. The van der Waals surface area contributed by atoms with Gasteiger partial charge < -0.3 is 71.1 Å². The van der Waals surface area contributed by atoms with E-state index in [4.69, 9.17) is 71.1 Å². The van der Waals surface area contributed by atoms with Gasteiger partial charge in [-0.1, -0.05) is 156 Å². The highest BCUT2D eigenvalue weighted by molar-refractivity contribution is 5.93. The largest absolute Gasteiger partial charge is 0.496 e. The lowest BCUT2D eigenvalue weighted by Crippen LogP contribution is -2.23. The molecule has 672 valence electrons. The molecule has 25 heteroatoms. The molecule has 0 amide bonds. The van der Waals surface area contributed by atoms with Gasteiger partial charge in [0.1, 0.15) is 64.8 Å². The SMILES string of the molecule is C=C(C)C(=O)OCC(=O)Oc1ccc(-c2ccc(OC(=O)C(=C)C)cc2)c(OC)c1.C=C(C)C(=O)OCC(=O)Oc1ccc(-c2ccc(OC(=O)C(=C)C)cc2)cc1OC.C=C(C)C(=O)OCCOc1ccc(-c2cccc(-c3ccc(OC(=O)C(=C)C)cc3)c2)cc1OC.C=C(C)C(=O)Oc1ccc(-c2ccc(-c3ccc(OC(=O)C(=C)C)cc3)c(OC(C)(C)C)c2)cc1. The zero-order chi connectivity index (χ0) is 95.6. The molecule has 0 spiro atoms. The van der Waals surface area contributed by atoms with Crippen LogP contribution in [-0.4, -0.2) is 113 Å². The molecule has 0 aliphatic carbocycles. The van der Waals surface area contributed by atoms with E-state index in [0.29, 0.717) is 85.2 Å². The summed E-state index contributed by atoms with van der Waals surface area (Å²) >= 11 is 0. The van der Waals surface area contributed by atoms with E-state index >= 15 is 0 Å². The van der Waals surface area contributed by atoms with Gasteiger partial charge in [-0.15, -0.1) is 0 Å². The number of methoxy groups -OCH3 is 3. The second-order valence-electron chi connectivity index (χ2n) is 30.0. The molecule has 0 aliphatic rings. The Morgan fingerprint density at radius 1 is 0.246 bits per heavy atom. The highest BCUT2D eigenvalue weighted by Crippen LogP contribution is 2.41. The number of ether oxygens (including phenoxy) is 15. The molecule has 130 heavy (non-hydrogen) atoms. The standard InChI is InChI=1S/C30H30O5.C29H28O6.2C23H22O7/c1-19(2)28(31)33-24-13-8-21(9-14-24)23-12-17-26(27(18-23)35-30(5,6)7)22-10-15-25(16-11-22)34-29(32)20(3)4;1-19(2)28(30)34-16-15-33-26-14-11-24(18-27(26)32-5)23-8-6-7-22(17-23)21-9-12-25(13-10-21)35-29(31)20(3)4;1-14(2)22(25)28-13-21(24)30-19-11-8-17(12-20(19)27-5)16-6-9-18(10-7-16)29-23(26)15(3)4;1-14(2)22(25)28-13-21(24)29-18-10-11-19(20(12-18)27-5)16-6-8-17(9-7-16)30-23(26)15(3)4/h8-18H,1,3H2,2,4-7H3;6-14,17-18H,1,3,15-16H2,2,4-5H3;2*6-12H,1,3,13H2,2,4-5H3.